The van der Waals surface area contributed by atoms with Crippen LogP contribution in [-0.4, -0.2) is 42.5 Å². The van der Waals surface area contributed by atoms with Gasteiger partial charge >= 0.3 is 0 Å². The van der Waals surface area contributed by atoms with Crippen LogP contribution >= 0.6 is 11.6 Å². The van der Waals surface area contributed by atoms with Gasteiger partial charge < -0.3 is 10.6 Å². The molecule has 2 heterocycles. The number of nitrogen functional groups attached to an aromatic ring is 1. The minimum absolute atomic E-state index is 0.744. The van der Waals surface area contributed by atoms with Crippen LogP contribution in [0.1, 0.15) is 31.2 Å². The van der Waals surface area contributed by atoms with Crippen LogP contribution in [-0.2, 0) is 6.54 Å². The monoisotopic (exact) mass is 307 g/mol. The zero-order valence-electron chi connectivity index (χ0n) is 12.7. The highest BCUT2D eigenvalue weighted by Crippen LogP contribution is 2.25. The fraction of sp³-hybridized carbons (Fsp3) is 0.647. The van der Waals surface area contributed by atoms with Crippen LogP contribution in [0, 0.1) is 5.92 Å². The minimum atomic E-state index is 0.744. The topological polar surface area (TPSA) is 32.5 Å². The summed E-state index contributed by atoms with van der Waals surface area (Å²) in [5.74, 6) is 0.890. The fourth-order valence-corrected chi connectivity index (χ4v) is 3.84. The molecule has 2 fully saturated rings. The largest absolute Gasteiger partial charge is 0.399 e. The average Bonchev–Trinajstić information content (AvgIpc) is 2.97. The molecule has 0 aromatic heterocycles. The second-order valence-electron chi connectivity index (χ2n) is 6.58. The molecule has 3 rings (SSSR count). The summed E-state index contributed by atoms with van der Waals surface area (Å²) < 4.78 is 0. The van der Waals surface area contributed by atoms with E-state index in [0.717, 1.165) is 23.2 Å². The highest BCUT2D eigenvalue weighted by molar-refractivity contribution is 6.31. The van der Waals surface area contributed by atoms with Crippen LogP contribution < -0.4 is 5.73 Å². The number of anilines is 1. The molecule has 0 saturated carbocycles. The zero-order valence-corrected chi connectivity index (χ0v) is 13.5. The lowest BCUT2D eigenvalue weighted by molar-refractivity contribution is 0.149. The van der Waals surface area contributed by atoms with E-state index >= 15 is 0 Å². The van der Waals surface area contributed by atoms with Crippen LogP contribution in [0.25, 0.3) is 0 Å². The Bertz CT molecular complexity index is 463. The highest BCUT2D eigenvalue weighted by atomic mass is 35.5. The van der Waals surface area contributed by atoms with E-state index in [1.165, 1.54) is 64.0 Å². The van der Waals surface area contributed by atoms with E-state index in [4.69, 9.17) is 17.3 Å². The Morgan fingerprint density at radius 3 is 2.43 bits per heavy atom. The fourth-order valence-electron chi connectivity index (χ4n) is 3.59. The van der Waals surface area contributed by atoms with Crippen LogP contribution in [0.5, 0.6) is 0 Å². The Morgan fingerprint density at radius 1 is 1.05 bits per heavy atom. The van der Waals surface area contributed by atoms with Gasteiger partial charge in [0.05, 0.1) is 0 Å². The third-order valence-electron chi connectivity index (χ3n) is 4.89. The summed E-state index contributed by atoms with van der Waals surface area (Å²) in [7, 11) is 0. The molecule has 0 spiro atoms. The third-order valence-corrected chi connectivity index (χ3v) is 5.25. The molecule has 0 amide bonds. The molecule has 2 N–H and O–H groups in total. The lowest BCUT2D eigenvalue weighted by Crippen LogP contribution is -2.37. The molecular weight excluding hydrogens is 282 g/mol. The summed E-state index contributed by atoms with van der Waals surface area (Å²) in [5.41, 5.74) is 7.70. The molecule has 2 aliphatic rings. The molecule has 21 heavy (non-hydrogen) atoms. The van der Waals surface area contributed by atoms with Gasteiger partial charge in [0.1, 0.15) is 0 Å². The van der Waals surface area contributed by atoms with Crippen molar-refractivity contribution >= 4 is 17.3 Å². The molecule has 116 valence electrons. The SMILES string of the molecule is Nc1ccc(CN2CCC(CN3CCCC3)CC2)c(Cl)c1. The Kier molecular flexibility index (Phi) is 5.04. The number of likely N-dealkylation sites (tertiary alicyclic amines) is 2. The number of hydrogen-bond donors (Lipinski definition) is 1. The quantitative estimate of drug-likeness (QED) is 0.867. The number of nitrogens with zero attached hydrogens (tertiary/aromatic N) is 2. The summed E-state index contributed by atoms with van der Waals surface area (Å²) in [4.78, 5) is 5.18. The number of rotatable bonds is 4. The molecule has 0 bridgehead atoms. The predicted molar refractivity (Wildman–Crippen MR) is 89.5 cm³/mol. The summed E-state index contributed by atoms with van der Waals surface area (Å²) in [5, 5.41) is 0.800. The van der Waals surface area contributed by atoms with Gasteiger partial charge in [-0.25, -0.2) is 0 Å². The summed E-state index contributed by atoms with van der Waals surface area (Å²) >= 11 is 6.28. The van der Waals surface area contributed by atoms with Crippen molar-refractivity contribution in [2.75, 3.05) is 38.5 Å². The maximum atomic E-state index is 6.28. The molecule has 1 aromatic rings. The van der Waals surface area contributed by atoms with Crippen molar-refractivity contribution in [3.63, 3.8) is 0 Å². The van der Waals surface area contributed by atoms with Crippen molar-refractivity contribution in [2.24, 2.45) is 5.92 Å². The van der Waals surface area contributed by atoms with Crippen LogP contribution in [0.4, 0.5) is 5.69 Å². The second-order valence-corrected chi connectivity index (χ2v) is 6.99. The first-order valence-corrected chi connectivity index (χ1v) is 8.57. The zero-order chi connectivity index (χ0) is 14.7. The predicted octanol–water partition coefficient (Wildman–Crippen LogP) is 3.23. The Morgan fingerprint density at radius 2 is 1.76 bits per heavy atom. The molecule has 0 aliphatic carbocycles. The van der Waals surface area contributed by atoms with E-state index in [2.05, 4.69) is 15.9 Å². The van der Waals surface area contributed by atoms with Crippen molar-refractivity contribution in [2.45, 2.75) is 32.2 Å². The van der Waals surface area contributed by atoms with Crippen LogP contribution in [0.2, 0.25) is 5.02 Å². The molecule has 3 nitrogen and oxygen atoms in total. The summed E-state index contributed by atoms with van der Waals surface area (Å²) in [6, 6.07) is 5.87. The average molecular weight is 308 g/mol. The maximum absolute atomic E-state index is 6.28. The van der Waals surface area contributed by atoms with Gasteiger partial charge in [-0.15, -0.1) is 0 Å². The molecule has 1 aromatic carbocycles. The molecule has 2 aliphatic heterocycles. The maximum Gasteiger partial charge on any atom is 0.0471 e. The van der Waals surface area contributed by atoms with Crippen LogP contribution in [0.15, 0.2) is 18.2 Å². The van der Waals surface area contributed by atoms with Gasteiger partial charge in [0.2, 0.25) is 0 Å². The first-order chi connectivity index (χ1) is 10.2. The first kappa shape index (κ1) is 15.1. The lowest BCUT2D eigenvalue weighted by Gasteiger charge is -2.34. The van der Waals surface area contributed by atoms with Crippen molar-refractivity contribution in [3.05, 3.63) is 28.8 Å². The Hall–Kier alpha value is -0.770. The normalized spacial score (nSPS) is 22.0. The summed E-state index contributed by atoms with van der Waals surface area (Å²) in [6.45, 7) is 7.30. The van der Waals surface area contributed by atoms with Crippen molar-refractivity contribution in [1.29, 1.82) is 0 Å². The Balaban J connectivity index is 1.46. The van der Waals surface area contributed by atoms with E-state index in [9.17, 15) is 0 Å². The van der Waals surface area contributed by atoms with Gasteiger partial charge in [-0.1, -0.05) is 17.7 Å². The number of piperidine rings is 1. The smallest absolute Gasteiger partial charge is 0.0471 e. The van der Waals surface area contributed by atoms with Crippen molar-refractivity contribution < 1.29 is 0 Å². The number of halogens is 1. The Labute approximate surface area is 133 Å². The standard InChI is InChI=1S/C17H26ClN3/c18-17-11-16(19)4-3-15(17)13-21-9-5-14(6-10-21)12-20-7-1-2-8-20/h3-4,11,14H,1-2,5-10,12-13,19H2. The van der Waals surface area contributed by atoms with Gasteiger partial charge in [0, 0.05) is 23.8 Å². The first-order valence-electron chi connectivity index (χ1n) is 8.19. The van der Waals surface area contributed by atoms with E-state index in [1.807, 2.05) is 12.1 Å². The molecular formula is C17H26ClN3. The van der Waals surface area contributed by atoms with Gasteiger partial charge in [-0.3, -0.25) is 4.90 Å². The number of hydrogen-bond acceptors (Lipinski definition) is 3. The second kappa shape index (κ2) is 6.99. The van der Waals surface area contributed by atoms with E-state index in [1.54, 1.807) is 0 Å². The van der Waals surface area contributed by atoms with Crippen molar-refractivity contribution in [1.82, 2.24) is 9.80 Å². The van der Waals surface area contributed by atoms with Gasteiger partial charge in [-0.2, -0.15) is 0 Å². The molecule has 0 unspecified atom stereocenters. The molecule has 4 heteroatoms. The number of nitrogens with two attached hydrogens (primary N) is 1. The van der Waals surface area contributed by atoms with Gasteiger partial charge in [0.15, 0.2) is 0 Å². The summed E-state index contributed by atoms with van der Waals surface area (Å²) in [6.07, 6.45) is 5.44. The van der Waals surface area contributed by atoms with Gasteiger partial charge in [-0.05, 0) is 75.5 Å². The van der Waals surface area contributed by atoms with Gasteiger partial charge in [0.25, 0.3) is 0 Å². The van der Waals surface area contributed by atoms with Crippen LogP contribution in [0.3, 0.4) is 0 Å². The molecule has 2 saturated heterocycles. The van der Waals surface area contributed by atoms with E-state index in [-0.39, 0.29) is 0 Å². The third kappa shape index (κ3) is 4.12. The molecule has 0 atom stereocenters. The minimum Gasteiger partial charge on any atom is -0.399 e. The highest BCUT2D eigenvalue weighted by Gasteiger charge is 2.23. The van der Waals surface area contributed by atoms with E-state index < -0.39 is 0 Å². The lowest BCUT2D eigenvalue weighted by atomic mass is 9.96. The number of benzene rings is 1. The van der Waals surface area contributed by atoms with Crippen molar-refractivity contribution in [3.8, 4) is 0 Å². The van der Waals surface area contributed by atoms with E-state index in [0.29, 0.717) is 0 Å². The molecule has 0 radical (unpaired) electrons.